The highest BCUT2D eigenvalue weighted by Crippen LogP contribution is 2.45. The lowest BCUT2D eigenvalue weighted by Gasteiger charge is -2.06. The third-order valence-electron chi connectivity index (χ3n) is 2.38. The van der Waals surface area contributed by atoms with Crippen molar-refractivity contribution in [3.63, 3.8) is 0 Å². The summed E-state index contributed by atoms with van der Waals surface area (Å²) in [7, 11) is 0. The maximum atomic E-state index is 6.08. The number of hydrogen-bond acceptors (Lipinski definition) is 4. The molecule has 0 saturated carbocycles. The van der Waals surface area contributed by atoms with Crippen LogP contribution in [-0.4, -0.2) is 10.4 Å². The lowest BCUT2D eigenvalue weighted by molar-refractivity contribution is 0.574. The molecule has 0 aliphatic carbocycles. The highest BCUT2D eigenvalue weighted by molar-refractivity contribution is 8.00. The van der Waals surface area contributed by atoms with Crippen LogP contribution in [0.5, 0.6) is 0 Å². The summed E-state index contributed by atoms with van der Waals surface area (Å²) in [6.45, 7) is 2.11. The van der Waals surface area contributed by atoms with Gasteiger partial charge in [0.1, 0.15) is 6.26 Å². The minimum atomic E-state index is 0.349. The Balaban J connectivity index is 2.19. The zero-order valence-corrected chi connectivity index (χ0v) is 10.1. The zero-order valence-electron chi connectivity index (χ0n) is 8.53. The number of anilines is 1. The fourth-order valence-corrected chi connectivity index (χ4v) is 3.09. The summed E-state index contributed by atoms with van der Waals surface area (Å²) in [5, 5.41) is 4.44. The van der Waals surface area contributed by atoms with Gasteiger partial charge in [0.2, 0.25) is 5.89 Å². The molecule has 16 heavy (non-hydrogen) atoms. The summed E-state index contributed by atoms with van der Waals surface area (Å²) in [6.07, 6.45) is 3.20. The van der Waals surface area contributed by atoms with Gasteiger partial charge in [-0.15, -0.1) is 0 Å². The van der Waals surface area contributed by atoms with Gasteiger partial charge in [0.05, 0.1) is 22.8 Å². The van der Waals surface area contributed by atoms with E-state index in [0.29, 0.717) is 16.3 Å². The molecule has 0 fully saturated rings. The molecular weight excluding hydrogens is 244 g/mol. The van der Waals surface area contributed by atoms with E-state index in [1.807, 2.05) is 12.1 Å². The van der Waals surface area contributed by atoms with Crippen LogP contribution < -0.4 is 5.32 Å². The van der Waals surface area contributed by atoms with Crippen LogP contribution in [0.4, 0.5) is 5.69 Å². The van der Waals surface area contributed by atoms with Crippen LogP contribution in [0.3, 0.4) is 0 Å². The molecule has 0 bridgehead atoms. The minimum absolute atomic E-state index is 0.349. The lowest BCUT2D eigenvalue weighted by atomic mass is 10.1. The maximum Gasteiger partial charge on any atom is 0.228 e. The first-order valence-corrected chi connectivity index (χ1v) is 6.16. The number of nitrogens with one attached hydrogen (secondary N) is 1. The molecule has 3 nitrogen and oxygen atoms in total. The van der Waals surface area contributed by atoms with Gasteiger partial charge in [0, 0.05) is 9.92 Å². The van der Waals surface area contributed by atoms with Crippen LogP contribution in [0.2, 0.25) is 5.02 Å². The summed E-state index contributed by atoms with van der Waals surface area (Å²) < 4.78 is 5.32. The average Bonchev–Trinajstić information content (AvgIpc) is 2.83. The van der Waals surface area contributed by atoms with Crippen molar-refractivity contribution in [1.29, 1.82) is 0 Å². The second-order valence-corrected chi connectivity index (χ2v) is 5.39. The number of halogens is 1. The number of fused-ring (bicyclic) bond motifs is 1. The van der Waals surface area contributed by atoms with Crippen molar-refractivity contribution in [1.82, 2.24) is 4.98 Å². The van der Waals surface area contributed by atoms with Gasteiger partial charge in [-0.05, 0) is 19.1 Å². The number of rotatable bonds is 1. The fourth-order valence-electron chi connectivity index (χ4n) is 1.77. The standard InChI is InChI=1S/C11H9ClN2OS/c1-6-14-10-8(11-13-2-3-15-11)4-7(12)5-9(10)16-6/h2-6,14H,1H3. The molecule has 0 radical (unpaired) electrons. The Kier molecular flexibility index (Phi) is 2.33. The Bertz CT molecular complexity index is 527. The number of thioether (sulfide) groups is 1. The highest BCUT2D eigenvalue weighted by atomic mass is 35.5. The van der Waals surface area contributed by atoms with Gasteiger partial charge in [-0.2, -0.15) is 0 Å². The molecule has 1 aromatic heterocycles. The average molecular weight is 253 g/mol. The van der Waals surface area contributed by atoms with Gasteiger partial charge in [0.15, 0.2) is 0 Å². The van der Waals surface area contributed by atoms with Gasteiger partial charge in [0.25, 0.3) is 0 Å². The van der Waals surface area contributed by atoms with Crippen LogP contribution in [0.1, 0.15) is 6.92 Å². The first kappa shape index (κ1) is 10.1. The highest BCUT2D eigenvalue weighted by Gasteiger charge is 2.23. The molecule has 3 rings (SSSR count). The lowest BCUT2D eigenvalue weighted by Crippen LogP contribution is -2.03. The van der Waals surface area contributed by atoms with Crippen molar-refractivity contribution >= 4 is 29.1 Å². The molecular formula is C11H9ClN2OS. The fraction of sp³-hybridized carbons (Fsp3) is 0.182. The zero-order chi connectivity index (χ0) is 11.1. The number of benzene rings is 1. The predicted molar refractivity (Wildman–Crippen MR) is 65.9 cm³/mol. The van der Waals surface area contributed by atoms with E-state index in [1.54, 1.807) is 24.2 Å². The van der Waals surface area contributed by atoms with Crippen molar-refractivity contribution in [2.45, 2.75) is 17.2 Å². The normalized spacial score (nSPS) is 18.2. The van der Waals surface area contributed by atoms with Gasteiger partial charge >= 0.3 is 0 Å². The Morgan fingerprint density at radius 1 is 1.50 bits per heavy atom. The largest absolute Gasteiger partial charge is 0.444 e. The predicted octanol–water partition coefficient (Wildman–Crippen LogP) is 3.86. The van der Waals surface area contributed by atoms with E-state index < -0.39 is 0 Å². The Morgan fingerprint density at radius 2 is 2.38 bits per heavy atom. The molecule has 1 N–H and O–H groups in total. The number of hydrogen-bond donors (Lipinski definition) is 1. The monoisotopic (exact) mass is 252 g/mol. The van der Waals surface area contributed by atoms with Crippen LogP contribution in [0, 0.1) is 0 Å². The van der Waals surface area contributed by atoms with Crippen LogP contribution >= 0.6 is 23.4 Å². The van der Waals surface area contributed by atoms with E-state index in [1.165, 1.54) is 0 Å². The van der Waals surface area contributed by atoms with E-state index in [4.69, 9.17) is 16.0 Å². The number of aromatic nitrogens is 1. The first-order chi connectivity index (χ1) is 7.74. The third kappa shape index (κ3) is 1.58. The molecule has 1 aromatic carbocycles. The Hall–Kier alpha value is -1.13. The van der Waals surface area contributed by atoms with Crippen molar-refractivity contribution in [2.24, 2.45) is 0 Å². The quantitative estimate of drug-likeness (QED) is 0.836. The molecule has 1 unspecified atom stereocenters. The number of nitrogens with zero attached hydrogens (tertiary/aromatic N) is 1. The first-order valence-electron chi connectivity index (χ1n) is 4.90. The van der Waals surface area contributed by atoms with Crippen LogP contribution in [0.25, 0.3) is 11.5 Å². The summed E-state index contributed by atoms with van der Waals surface area (Å²) in [4.78, 5) is 5.30. The van der Waals surface area contributed by atoms with Gasteiger partial charge in [-0.1, -0.05) is 23.4 Å². The topological polar surface area (TPSA) is 38.1 Å². The molecule has 82 valence electrons. The Labute approximate surface area is 102 Å². The molecule has 2 aromatic rings. The second-order valence-electron chi connectivity index (χ2n) is 3.57. The van der Waals surface area contributed by atoms with Crippen LogP contribution in [-0.2, 0) is 0 Å². The molecule has 0 saturated heterocycles. The van der Waals surface area contributed by atoms with Crippen molar-refractivity contribution < 1.29 is 4.42 Å². The Morgan fingerprint density at radius 3 is 3.12 bits per heavy atom. The van der Waals surface area contributed by atoms with E-state index in [2.05, 4.69) is 17.2 Å². The minimum Gasteiger partial charge on any atom is -0.444 e. The smallest absolute Gasteiger partial charge is 0.228 e. The van der Waals surface area contributed by atoms with Gasteiger partial charge < -0.3 is 9.73 Å². The summed E-state index contributed by atoms with van der Waals surface area (Å²) in [5.41, 5.74) is 1.98. The molecule has 1 aliphatic rings. The van der Waals surface area contributed by atoms with E-state index in [9.17, 15) is 0 Å². The van der Waals surface area contributed by atoms with Gasteiger partial charge in [-0.25, -0.2) is 4.98 Å². The van der Waals surface area contributed by atoms with E-state index in [0.717, 1.165) is 16.1 Å². The molecule has 5 heteroatoms. The molecule has 1 atom stereocenters. The summed E-state index contributed by atoms with van der Waals surface area (Å²) in [5.74, 6) is 0.598. The molecule has 0 spiro atoms. The third-order valence-corrected chi connectivity index (χ3v) is 3.65. The van der Waals surface area contributed by atoms with Crippen molar-refractivity contribution in [3.05, 3.63) is 29.6 Å². The summed E-state index contributed by atoms with van der Waals surface area (Å²) in [6, 6.07) is 3.84. The van der Waals surface area contributed by atoms with Gasteiger partial charge in [-0.3, -0.25) is 0 Å². The molecule has 2 heterocycles. The van der Waals surface area contributed by atoms with E-state index >= 15 is 0 Å². The van der Waals surface area contributed by atoms with Crippen molar-refractivity contribution in [2.75, 3.05) is 5.32 Å². The van der Waals surface area contributed by atoms with E-state index in [-0.39, 0.29) is 0 Å². The van der Waals surface area contributed by atoms with Crippen LogP contribution in [0.15, 0.2) is 33.9 Å². The number of oxazole rings is 1. The maximum absolute atomic E-state index is 6.08. The molecule has 0 amide bonds. The second kappa shape index (κ2) is 3.71. The SMILES string of the molecule is CC1Nc2c(cc(Cl)cc2-c2ncco2)S1. The molecule has 1 aliphatic heterocycles. The summed E-state index contributed by atoms with van der Waals surface area (Å²) >= 11 is 7.83. The van der Waals surface area contributed by atoms with Crippen molar-refractivity contribution in [3.8, 4) is 11.5 Å².